The van der Waals surface area contributed by atoms with Crippen molar-refractivity contribution in [2.75, 3.05) is 18.1 Å². The van der Waals surface area contributed by atoms with E-state index in [1.54, 1.807) is 0 Å². The third-order valence-corrected chi connectivity index (χ3v) is 4.00. The van der Waals surface area contributed by atoms with Crippen LogP contribution >= 0.6 is 0 Å². The fourth-order valence-electron chi connectivity index (χ4n) is 1.42. The summed E-state index contributed by atoms with van der Waals surface area (Å²) >= 11 is 0. The average molecular weight is 234 g/mol. The van der Waals surface area contributed by atoms with E-state index in [4.69, 9.17) is 0 Å². The first-order valence-electron chi connectivity index (χ1n) is 5.12. The molecule has 0 spiro atoms. The minimum atomic E-state index is -2.84. The molecule has 0 aliphatic carbocycles. The molecule has 1 saturated heterocycles. The summed E-state index contributed by atoms with van der Waals surface area (Å²) in [5, 5.41) is 5.81. The molecular formula is C9H18N2O3S. The lowest BCUT2D eigenvalue weighted by Gasteiger charge is -2.26. The van der Waals surface area contributed by atoms with Gasteiger partial charge in [-0.3, -0.25) is 4.79 Å². The largest absolute Gasteiger partial charge is 0.351 e. The molecule has 88 valence electrons. The average Bonchev–Trinajstić information content (AvgIpc) is 1.99. The van der Waals surface area contributed by atoms with Crippen molar-refractivity contribution < 1.29 is 13.2 Å². The Morgan fingerprint density at radius 2 is 2.00 bits per heavy atom. The number of sulfone groups is 1. The van der Waals surface area contributed by atoms with Crippen LogP contribution in [0.15, 0.2) is 0 Å². The molecule has 1 rings (SSSR count). The number of carbonyl (C=O) groups is 1. The maximum atomic E-state index is 11.3. The topological polar surface area (TPSA) is 75.3 Å². The molecule has 0 saturated carbocycles. The number of nitrogens with one attached hydrogen (secondary N) is 2. The molecule has 1 aliphatic heterocycles. The summed E-state index contributed by atoms with van der Waals surface area (Å²) in [6, 6.07) is 0.198. The quantitative estimate of drug-likeness (QED) is 0.659. The molecule has 1 heterocycles. The molecule has 15 heavy (non-hydrogen) atoms. The van der Waals surface area contributed by atoms with Crippen LogP contribution in [0.5, 0.6) is 0 Å². The van der Waals surface area contributed by atoms with E-state index in [1.807, 2.05) is 13.8 Å². The van der Waals surface area contributed by atoms with Gasteiger partial charge in [0, 0.05) is 19.0 Å². The van der Waals surface area contributed by atoms with Crippen molar-refractivity contribution in [1.29, 1.82) is 0 Å². The van der Waals surface area contributed by atoms with Crippen molar-refractivity contribution in [3.8, 4) is 0 Å². The van der Waals surface area contributed by atoms with Crippen LogP contribution in [-0.2, 0) is 14.6 Å². The third kappa shape index (κ3) is 4.61. The summed E-state index contributed by atoms with van der Waals surface area (Å²) in [4.78, 5) is 11.3. The van der Waals surface area contributed by atoms with E-state index in [9.17, 15) is 13.2 Å². The Labute approximate surface area is 90.5 Å². The number of rotatable bonds is 5. The van der Waals surface area contributed by atoms with E-state index in [2.05, 4.69) is 10.6 Å². The summed E-state index contributed by atoms with van der Waals surface area (Å²) in [6.45, 7) is 4.65. The SMILES string of the molecule is CC(C)NCCC(=O)NC1CS(=O)(=O)C1. The normalized spacial score (nSPS) is 19.9. The molecule has 0 bridgehead atoms. The Hall–Kier alpha value is -0.620. The molecule has 0 unspecified atom stereocenters. The maximum absolute atomic E-state index is 11.3. The number of amides is 1. The van der Waals surface area contributed by atoms with E-state index in [0.29, 0.717) is 19.0 Å². The van der Waals surface area contributed by atoms with Gasteiger partial charge in [0.15, 0.2) is 9.84 Å². The van der Waals surface area contributed by atoms with Gasteiger partial charge in [-0.15, -0.1) is 0 Å². The van der Waals surface area contributed by atoms with Crippen LogP contribution in [0.25, 0.3) is 0 Å². The highest BCUT2D eigenvalue weighted by Gasteiger charge is 2.33. The Bertz CT molecular complexity index is 312. The number of hydrogen-bond acceptors (Lipinski definition) is 4. The Morgan fingerprint density at radius 1 is 1.40 bits per heavy atom. The van der Waals surface area contributed by atoms with E-state index in [1.165, 1.54) is 0 Å². The lowest BCUT2D eigenvalue weighted by molar-refractivity contribution is -0.121. The molecular weight excluding hydrogens is 216 g/mol. The summed E-state index contributed by atoms with van der Waals surface area (Å²) in [7, 11) is -2.84. The fraction of sp³-hybridized carbons (Fsp3) is 0.889. The second-order valence-corrected chi connectivity index (χ2v) is 6.35. The zero-order chi connectivity index (χ0) is 11.5. The minimum absolute atomic E-state index is 0.0805. The monoisotopic (exact) mass is 234 g/mol. The van der Waals surface area contributed by atoms with Gasteiger partial charge in [-0.25, -0.2) is 8.42 Å². The first-order chi connectivity index (χ1) is 6.89. The fourth-order valence-corrected chi connectivity index (χ4v) is 2.72. The second-order valence-electron chi connectivity index (χ2n) is 4.20. The van der Waals surface area contributed by atoms with Crippen LogP contribution < -0.4 is 10.6 Å². The molecule has 0 aromatic rings. The standard InChI is InChI=1S/C9H18N2O3S/c1-7(2)10-4-3-9(12)11-8-5-15(13,14)6-8/h7-8,10H,3-6H2,1-2H3,(H,11,12). The van der Waals surface area contributed by atoms with Gasteiger partial charge in [-0.2, -0.15) is 0 Å². The van der Waals surface area contributed by atoms with E-state index < -0.39 is 9.84 Å². The Balaban J connectivity index is 2.10. The summed E-state index contributed by atoms with van der Waals surface area (Å²) < 4.78 is 21.6. The molecule has 1 aliphatic rings. The molecule has 0 aromatic heterocycles. The number of carbonyl (C=O) groups excluding carboxylic acids is 1. The van der Waals surface area contributed by atoms with Gasteiger partial charge in [-0.05, 0) is 0 Å². The highest BCUT2D eigenvalue weighted by atomic mass is 32.2. The molecule has 1 amide bonds. The van der Waals surface area contributed by atoms with Gasteiger partial charge in [0.2, 0.25) is 5.91 Å². The summed E-state index contributed by atoms with van der Waals surface area (Å²) in [5.41, 5.74) is 0. The lowest BCUT2D eigenvalue weighted by Crippen LogP contribution is -2.53. The van der Waals surface area contributed by atoms with Crippen LogP contribution in [0.4, 0.5) is 0 Å². The molecule has 1 fully saturated rings. The van der Waals surface area contributed by atoms with Gasteiger partial charge >= 0.3 is 0 Å². The van der Waals surface area contributed by atoms with Crippen LogP contribution in [-0.4, -0.2) is 44.5 Å². The predicted octanol–water partition coefficient (Wildman–Crippen LogP) is -0.712. The van der Waals surface area contributed by atoms with Gasteiger partial charge < -0.3 is 10.6 Å². The van der Waals surface area contributed by atoms with E-state index in [0.717, 1.165) is 0 Å². The first kappa shape index (κ1) is 12.4. The third-order valence-electron chi connectivity index (χ3n) is 2.18. The van der Waals surface area contributed by atoms with Crippen LogP contribution in [0.2, 0.25) is 0 Å². The van der Waals surface area contributed by atoms with Crippen LogP contribution in [0.1, 0.15) is 20.3 Å². The highest BCUT2D eigenvalue weighted by Crippen LogP contribution is 2.09. The Kier molecular flexibility index (Phi) is 4.10. The van der Waals surface area contributed by atoms with E-state index in [-0.39, 0.29) is 23.5 Å². The Morgan fingerprint density at radius 3 is 2.47 bits per heavy atom. The minimum Gasteiger partial charge on any atom is -0.351 e. The van der Waals surface area contributed by atoms with Crippen LogP contribution in [0.3, 0.4) is 0 Å². The van der Waals surface area contributed by atoms with Crippen molar-refractivity contribution >= 4 is 15.7 Å². The lowest BCUT2D eigenvalue weighted by atomic mass is 10.3. The molecule has 5 nitrogen and oxygen atoms in total. The molecule has 0 radical (unpaired) electrons. The molecule has 0 atom stereocenters. The second kappa shape index (κ2) is 4.94. The van der Waals surface area contributed by atoms with Gasteiger partial charge in [0.1, 0.15) is 0 Å². The molecule has 0 aromatic carbocycles. The van der Waals surface area contributed by atoms with Crippen LogP contribution in [0, 0.1) is 0 Å². The smallest absolute Gasteiger partial charge is 0.221 e. The van der Waals surface area contributed by atoms with Crippen molar-refractivity contribution in [2.24, 2.45) is 0 Å². The summed E-state index contributed by atoms with van der Waals surface area (Å²) in [5.74, 6) is 0.107. The molecule has 2 N–H and O–H groups in total. The molecule has 6 heteroatoms. The van der Waals surface area contributed by atoms with Gasteiger partial charge in [0.05, 0.1) is 17.5 Å². The zero-order valence-corrected chi connectivity index (χ0v) is 9.93. The van der Waals surface area contributed by atoms with Crippen molar-refractivity contribution in [2.45, 2.75) is 32.4 Å². The summed E-state index contributed by atoms with van der Waals surface area (Å²) in [6.07, 6.45) is 0.398. The predicted molar refractivity (Wildman–Crippen MR) is 58.3 cm³/mol. The number of hydrogen-bond donors (Lipinski definition) is 2. The van der Waals surface area contributed by atoms with Crippen molar-refractivity contribution in [1.82, 2.24) is 10.6 Å². The van der Waals surface area contributed by atoms with E-state index >= 15 is 0 Å². The van der Waals surface area contributed by atoms with Gasteiger partial charge in [0.25, 0.3) is 0 Å². The van der Waals surface area contributed by atoms with Gasteiger partial charge in [-0.1, -0.05) is 13.8 Å². The first-order valence-corrected chi connectivity index (χ1v) is 6.94. The van der Waals surface area contributed by atoms with Crippen molar-refractivity contribution in [3.05, 3.63) is 0 Å². The maximum Gasteiger partial charge on any atom is 0.221 e. The zero-order valence-electron chi connectivity index (χ0n) is 9.12. The van der Waals surface area contributed by atoms with Crippen molar-refractivity contribution in [3.63, 3.8) is 0 Å². The highest BCUT2D eigenvalue weighted by molar-refractivity contribution is 7.92.